The van der Waals surface area contributed by atoms with Crippen molar-refractivity contribution in [1.29, 1.82) is 0 Å². The largest absolute Gasteiger partial charge is 0.322 e. The Morgan fingerprint density at radius 2 is 1.73 bits per heavy atom. The first-order valence-corrected chi connectivity index (χ1v) is 7.59. The van der Waals surface area contributed by atoms with Gasteiger partial charge in [-0.2, -0.15) is 0 Å². The molecular formula is C19H22FNO. The molecule has 2 aromatic carbocycles. The topological polar surface area (TPSA) is 29.1 Å². The van der Waals surface area contributed by atoms with Gasteiger partial charge < -0.3 is 5.32 Å². The molecule has 0 atom stereocenters. The summed E-state index contributed by atoms with van der Waals surface area (Å²) in [6.07, 6.45) is 0. The van der Waals surface area contributed by atoms with Gasteiger partial charge in [0.05, 0.1) is 0 Å². The van der Waals surface area contributed by atoms with Crippen molar-refractivity contribution in [3.63, 3.8) is 0 Å². The third-order valence-electron chi connectivity index (χ3n) is 3.70. The minimum Gasteiger partial charge on any atom is -0.322 e. The van der Waals surface area contributed by atoms with Crippen LogP contribution in [0.25, 0.3) is 0 Å². The van der Waals surface area contributed by atoms with E-state index < -0.39 is 5.82 Å². The second-order valence-corrected chi connectivity index (χ2v) is 6.12. The summed E-state index contributed by atoms with van der Waals surface area (Å²) in [7, 11) is 0. The molecule has 116 valence electrons. The maximum atomic E-state index is 13.2. The van der Waals surface area contributed by atoms with Crippen molar-refractivity contribution in [3.05, 3.63) is 65.0 Å². The molecule has 0 unspecified atom stereocenters. The molecule has 0 spiro atoms. The van der Waals surface area contributed by atoms with Crippen molar-refractivity contribution < 1.29 is 9.18 Å². The molecule has 0 aliphatic rings. The smallest absolute Gasteiger partial charge is 0.255 e. The fourth-order valence-corrected chi connectivity index (χ4v) is 2.36. The molecule has 0 saturated carbocycles. The maximum Gasteiger partial charge on any atom is 0.255 e. The Morgan fingerprint density at radius 3 is 2.32 bits per heavy atom. The first-order chi connectivity index (χ1) is 10.4. The molecule has 2 rings (SSSR count). The van der Waals surface area contributed by atoms with E-state index in [0.29, 0.717) is 17.4 Å². The third kappa shape index (κ3) is 3.73. The van der Waals surface area contributed by atoms with Crippen molar-refractivity contribution in [2.75, 3.05) is 5.32 Å². The molecule has 2 aromatic rings. The van der Waals surface area contributed by atoms with Crippen LogP contribution in [0.3, 0.4) is 0 Å². The number of anilines is 1. The first kappa shape index (κ1) is 16.2. The van der Waals surface area contributed by atoms with Crippen molar-refractivity contribution in [2.24, 2.45) is 0 Å². The van der Waals surface area contributed by atoms with Crippen LogP contribution in [-0.2, 0) is 0 Å². The molecule has 22 heavy (non-hydrogen) atoms. The Balaban J connectivity index is 2.30. The number of rotatable bonds is 4. The molecule has 3 heteroatoms. The van der Waals surface area contributed by atoms with E-state index in [1.807, 2.05) is 12.1 Å². The van der Waals surface area contributed by atoms with Crippen molar-refractivity contribution in [1.82, 2.24) is 0 Å². The van der Waals surface area contributed by atoms with Crippen LogP contribution in [0.1, 0.15) is 61.0 Å². The molecule has 0 heterocycles. The van der Waals surface area contributed by atoms with Crippen LogP contribution in [0.5, 0.6) is 0 Å². The number of hydrogen-bond acceptors (Lipinski definition) is 1. The van der Waals surface area contributed by atoms with Crippen molar-refractivity contribution >= 4 is 11.6 Å². The molecule has 0 aliphatic carbocycles. The van der Waals surface area contributed by atoms with Gasteiger partial charge in [-0.05, 0) is 47.2 Å². The van der Waals surface area contributed by atoms with Crippen LogP contribution in [0.4, 0.5) is 10.1 Å². The van der Waals surface area contributed by atoms with Gasteiger partial charge in [-0.1, -0.05) is 45.9 Å². The van der Waals surface area contributed by atoms with E-state index in [0.717, 1.165) is 11.3 Å². The standard InChI is InChI=1S/C19H22FNO/c1-12(2)14-8-9-18(17(11-14)13(3)4)21-19(22)15-6-5-7-16(20)10-15/h5-13H,1-4H3,(H,21,22). The molecule has 0 saturated heterocycles. The lowest BCUT2D eigenvalue weighted by Gasteiger charge is -2.17. The average Bonchev–Trinajstić information content (AvgIpc) is 2.47. The van der Waals surface area contributed by atoms with Gasteiger partial charge in [0.1, 0.15) is 5.82 Å². The van der Waals surface area contributed by atoms with E-state index in [-0.39, 0.29) is 5.91 Å². The summed E-state index contributed by atoms with van der Waals surface area (Å²) in [5, 5.41) is 2.90. The minimum atomic E-state index is -0.410. The first-order valence-electron chi connectivity index (χ1n) is 7.59. The van der Waals surface area contributed by atoms with E-state index in [2.05, 4.69) is 39.1 Å². The lowest BCUT2D eigenvalue weighted by Crippen LogP contribution is -2.14. The molecule has 1 N–H and O–H groups in total. The summed E-state index contributed by atoms with van der Waals surface area (Å²) >= 11 is 0. The SMILES string of the molecule is CC(C)c1ccc(NC(=O)c2cccc(F)c2)c(C(C)C)c1. The Kier molecular flexibility index (Phi) is 4.96. The molecule has 0 bridgehead atoms. The fraction of sp³-hybridized carbons (Fsp3) is 0.316. The summed E-state index contributed by atoms with van der Waals surface area (Å²) in [4.78, 5) is 12.3. The van der Waals surface area contributed by atoms with Crippen molar-refractivity contribution in [3.8, 4) is 0 Å². The van der Waals surface area contributed by atoms with Crippen LogP contribution in [0, 0.1) is 5.82 Å². The highest BCUT2D eigenvalue weighted by Gasteiger charge is 2.13. The van der Waals surface area contributed by atoms with E-state index in [1.165, 1.54) is 23.8 Å². The Hall–Kier alpha value is -2.16. The summed E-state index contributed by atoms with van der Waals surface area (Å²) in [6.45, 7) is 8.48. The Labute approximate surface area is 131 Å². The fourth-order valence-electron chi connectivity index (χ4n) is 2.36. The van der Waals surface area contributed by atoms with Crippen LogP contribution in [-0.4, -0.2) is 5.91 Å². The van der Waals surface area contributed by atoms with Gasteiger partial charge >= 0.3 is 0 Å². The molecule has 0 radical (unpaired) electrons. The monoisotopic (exact) mass is 299 g/mol. The van der Waals surface area contributed by atoms with Gasteiger partial charge in [0.15, 0.2) is 0 Å². The number of halogens is 1. The number of nitrogens with one attached hydrogen (secondary N) is 1. The zero-order valence-corrected chi connectivity index (χ0v) is 13.5. The highest BCUT2D eigenvalue weighted by atomic mass is 19.1. The summed E-state index contributed by atoms with van der Waals surface area (Å²) in [5.74, 6) is 0.0255. The minimum absolute atomic E-state index is 0.293. The number of benzene rings is 2. The maximum absolute atomic E-state index is 13.2. The van der Waals surface area contributed by atoms with E-state index >= 15 is 0 Å². The van der Waals surface area contributed by atoms with Crippen LogP contribution < -0.4 is 5.32 Å². The molecule has 0 aromatic heterocycles. The lowest BCUT2D eigenvalue weighted by molar-refractivity contribution is 0.102. The highest BCUT2D eigenvalue weighted by Crippen LogP contribution is 2.28. The summed E-state index contributed by atoms with van der Waals surface area (Å²) in [5.41, 5.74) is 3.44. The highest BCUT2D eigenvalue weighted by molar-refractivity contribution is 6.04. The number of carbonyl (C=O) groups excluding carboxylic acids is 1. The van der Waals surface area contributed by atoms with Crippen LogP contribution in [0.15, 0.2) is 42.5 Å². The Morgan fingerprint density at radius 1 is 1.00 bits per heavy atom. The number of amides is 1. The van der Waals surface area contributed by atoms with E-state index in [1.54, 1.807) is 6.07 Å². The second kappa shape index (κ2) is 6.73. The van der Waals surface area contributed by atoms with Crippen molar-refractivity contribution in [2.45, 2.75) is 39.5 Å². The van der Waals surface area contributed by atoms with E-state index in [4.69, 9.17) is 0 Å². The lowest BCUT2D eigenvalue weighted by atomic mass is 9.94. The van der Waals surface area contributed by atoms with Gasteiger partial charge in [0.2, 0.25) is 0 Å². The number of hydrogen-bond donors (Lipinski definition) is 1. The third-order valence-corrected chi connectivity index (χ3v) is 3.70. The molecule has 1 amide bonds. The average molecular weight is 299 g/mol. The number of carbonyl (C=O) groups is 1. The van der Waals surface area contributed by atoms with Gasteiger partial charge in [-0.25, -0.2) is 4.39 Å². The van der Waals surface area contributed by atoms with E-state index in [9.17, 15) is 9.18 Å². The molecule has 0 fully saturated rings. The van der Waals surface area contributed by atoms with Gasteiger partial charge in [0, 0.05) is 11.3 Å². The Bertz CT molecular complexity index is 677. The zero-order valence-electron chi connectivity index (χ0n) is 13.5. The van der Waals surface area contributed by atoms with Gasteiger partial charge in [-0.15, -0.1) is 0 Å². The van der Waals surface area contributed by atoms with Crippen LogP contribution >= 0.6 is 0 Å². The zero-order chi connectivity index (χ0) is 16.3. The summed E-state index contributed by atoms with van der Waals surface area (Å²) < 4.78 is 13.2. The van der Waals surface area contributed by atoms with Crippen LogP contribution in [0.2, 0.25) is 0 Å². The molecular weight excluding hydrogens is 277 g/mol. The quantitative estimate of drug-likeness (QED) is 0.812. The second-order valence-electron chi connectivity index (χ2n) is 6.12. The normalized spacial score (nSPS) is 11.0. The summed E-state index contributed by atoms with van der Waals surface area (Å²) in [6, 6.07) is 11.8. The predicted octanol–water partition coefficient (Wildman–Crippen LogP) is 5.32. The molecule has 0 aliphatic heterocycles. The predicted molar refractivity (Wildman–Crippen MR) is 89.0 cm³/mol. The van der Waals surface area contributed by atoms with Gasteiger partial charge in [0.25, 0.3) is 5.91 Å². The van der Waals surface area contributed by atoms with Gasteiger partial charge in [-0.3, -0.25) is 4.79 Å². The molecule has 2 nitrogen and oxygen atoms in total.